The zero-order valence-electron chi connectivity index (χ0n) is 20.3. The first-order valence-electron chi connectivity index (χ1n) is 11.8. The second kappa shape index (κ2) is 11.3. The summed E-state index contributed by atoms with van der Waals surface area (Å²) in [5, 5.41) is 6.43. The summed E-state index contributed by atoms with van der Waals surface area (Å²) < 4.78 is 5.96. The number of fused-ring (bicyclic) bond motifs is 1. The van der Waals surface area contributed by atoms with Crippen molar-refractivity contribution >= 4 is 34.4 Å². The second-order valence-electron chi connectivity index (χ2n) is 8.98. The fourth-order valence-electron chi connectivity index (χ4n) is 3.72. The van der Waals surface area contributed by atoms with E-state index in [2.05, 4.69) is 20.6 Å². The lowest BCUT2D eigenvalue weighted by Gasteiger charge is -2.25. The van der Waals surface area contributed by atoms with E-state index in [0.29, 0.717) is 42.3 Å². The minimum Gasteiger partial charge on any atom is -0.478 e. The van der Waals surface area contributed by atoms with Crippen LogP contribution in [-0.2, 0) is 17.6 Å². The number of halogens is 1. The van der Waals surface area contributed by atoms with Crippen LogP contribution in [0.4, 0.5) is 0 Å². The first-order chi connectivity index (χ1) is 17.3. The third kappa shape index (κ3) is 6.64. The third-order valence-corrected chi connectivity index (χ3v) is 5.99. The summed E-state index contributed by atoms with van der Waals surface area (Å²) in [6.45, 7) is 4.43. The van der Waals surface area contributed by atoms with E-state index in [-0.39, 0.29) is 11.8 Å². The second-order valence-corrected chi connectivity index (χ2v) is 9.41. The Morgan fingerprint density at radius 1 is 0.917 bits per heavy atom. The summed E-state index contributed by atoms with van der Waals surface area (Å²) in [6.07, 6.45) is 1.27. The Labute approximate surface area is 215 Å². The highest BCUT2D eigenvalue weighted by molar-refractivity contribution is 6.30. The molecule has 0 saturated carbocycles. The van der Waals surface area contributed by atoms with Gasteiger partial charge in [-0.2, -0.15) is 0 Å². The summed E-state index contributed by atoms with van der Waals surface area (Å²) in [6, 6.07) is 22.1. The van der Waals surface area contributed by atoms with E-state index >= 15 is 0 Å². The molecular formula is C28H29ClN4O3. The van der Waals surface area contributed by atoms with Crippen LogP contribution in [0.5, 0.6) is 5.75 Å². The van der Waals surface area contributed by atoms with Gasteiger partial charge in [0, 0.05) is 30.1 Å². The van der Waals surface area contributed by atoms with Crippen molar-refractivity contribution in [3.63, 3.8) is 0 Å². The van der Waals surface area contributed by atoms with Gasteiger partial charge >= 0.3 is 0 Å². The first kappa shape index (κ1) is 25.3. The Morgan fingerprint density at radius 3 is 2.33 bits per heavy atom. The Morgan fingerprint density at radius 2 is 1.61 bits per heavy atom. The highest BCUT2D eigenvalue weighted by atomic mass is 35.5. The minimum absolute atomic E-state index is 0.139. The molecule has 0 aliphatic heterocycles. The summed E-state index contributed by atoms with van der Waals surface area (Å²) in [5.41, 5.74) is 2.47. The molecule has 0 spiro atoms. The molecule has 1 heterocycles. The normalized spacial score (nSPS) is 11.3. The lowest BCUT2D eigenvalue weighted by Crippen LogP contribution is -2.47. The number of ether oxygens (including phenoxy) is 1. The van der Waals surface area contributed by atoms with E-state index in [1.807, 2.05) is 48.5 Å². The smallest absolute Gasteiger partial charge is 0.263 e. The number of benzene rings is 3. The molecule has 0 fully saturated rings. The predicted octanol–water partition coefficient (Wildman–Crippen LogP) is 4.71. The van der Waals surface area contributed by atoms with Gasteiger partial charge in [0.1, 0.15) is 11.6 Å². The van der Waals surface area contributed by atoms with E-state index in [9.17, 15) is 9.59 Å². The van der Waals surface area contributed by atoms with Crippen molar-refractivity contribution in [2.75, 3.05) is 13.1 Å². The van der Waals surface area contributed by atoms with Crippen molar-refractivity contribution in [1.82, 2.24) is 20.6 Å². The molecule has 0 bridgehead atoms. The van der Waals surface area contributed by atoms with Crippen LogP contribution in [-0.4, -0.2) is 40.5 Å². The molecule has 3 aromatic carbocycles. The number of para-hydroxylation sites is 2. The average molecular weight is 505 g/mol. The zero-order chi connectivity index (χ0) is 25.5. The van der Waals surface area contributed by atoms with E-state index in [1.165, 1.54) is 0 Å². The Balaban J connectivity index is 1.21. The van der Waals surface area contributed by atoms with Crippen LogP contribution in [0, 0.1) is 0 Å². The summed E-state index contributed by atoms with van der Waals surface area (Å²) in [7, 11) is 0. The molecule has 186 valence electrons. The van der Waals surface area contributed by atoms with Crippen LogP contribution in [0.1, 0.15) is 35.6 Å². The number of carbonyl (C=O) groups excluding carboxylic acids is 2. The number of aromatic nitrogens is 2. The molecule has 2 amide bonds. The molecule has 7 nitrogen and oxygen atoms in total. The third-order valence-electron chi connectivity index (χ3n) is 5.73. The number of hydrogen-bond donors (Lipinski definition) is 3. The van der Waals surface area contributed by atoms with Crippen LogP contribution in [0.15, 0.2) is 72.8 Å². The highest BCUT2D eigenvalue weighted by Gasteiger charge is 2.29. The maximum atomic E-state index is 12.7. The fraction of sp³-hybridized carbons (Fsp3) is 0.250. The van der Waals surface area contributed by atoms with Gasteiger partial charge in [-0.3, -0.25) is 9.59 Å². The van der Waals surface area contributed by atoms with Crippen molar-refractivity contribution in [2.45, 2.75) is 32.3 Å². The molecule has 0 unspecified atom stereocenters. The summed E-state index contributed by atoms with van der Waals surface area (Å²) >= 11 is 5.86. The van der Waals surface area contributed by atoms with E-state index < -0.39 is 5.60 Å². The molecule has 0 atom stereocenters. The number of amides is 2. The van der Waals surface area contributed by atoms with Gasteiger partial charge < -0.3 is 20.4 Å². The van der Waals surface area contributed by atoms with E-state index in [1.54, 1.807) is 38.1 Å². The van der Waals surface area contributed by atoms with Crippen molar-refractivity contribution in [3.8, 4) is 5.75 Å². The lowest BCUT2D eigenvalue weighted by molar-refractivity contribution is -0.134. The standard InChI is InChI=1S/C28H29ClN4O3/c1-28(2,27(35)31-18-16-25-32-23-5-3-4-6-24(23)33-25)36-22-13-7-19(8-14-22)15-17-30-26(34)20-9-11-21(29)12-10-20/h3-14H,15-18H2,1-2H3,(H,30,34)(H,31,35)(H,32,33). The van der Waals surface area contributed by atoms with Gasteiger partial charge in [-0.1, -0.05) is 35.9 Å². The minimum atomic E-state index is -1.04. The largest absolute Gasteiger partial charge is 0.478 e. The Kier molecular flexibility index (Phi) is 7.90. The number of aromatic amines is 1. The predicted molar refractivity (Wildman–Crippen MR) is 141 cm³/mol. The molecular weight excluding hydrogens is 476 g/mol. The zero-order valence-corrected chi connectivity index (χ0v) is 21.1. The molecule has 4 aromatic rings. The molecule has 0 aliphatic rings. The van der Waals surface area contributed by atoms with Crippen molar-refractivity contribution in [3.05, 3.63) is 94.8 Å². The van der Waals surface area contributed by atoms with Crippen LogP contribution in [0.3, 0.4) is 0 Å². The quantitative estimate of drug-likeness (QED) is 0.291. The van der Waals surface area contributed by atoms with Gasteiger partial charge in [0.25, 0.3) is 11.8 Å². The van der Waals surface area contributed by atoms with Crippen LogP contribution < -0.4 is 15.4 Å². The molecule has 4 rings (SSSR count). The fourth-order valence-corrected chi connectivity index (χ4v) is 3.85. The lowest BCUT2D eigenvalue weighted by atomic mass is 10.1. The monoisotopic (exact) mass is 504 g/mol. The SMILES string of the molecule is CC(C)(Oc1ccc(CCNC(=O)c2ccc(Cl)cc2)cc1)C(=O)NCCc1nc2ccccc2[nH]1. The molecule has 36 heavy (non-hydrogen) atoms. The number of H-pyrrole nitrogens is 1. The van der Waals surface area contributed by atoms with Gasteiger partial charge in [-0.15, -0.1) is 0 Å². The molecule has 8 heteroatoms. The number of nitrogens with zero attached hydrogens (tertiary/aromatic N) is 1. The van der Waals surface area contributed by atoms with Crippen LogP contribution in [0.25, 0.3) is 11.0 Å². The molecule has 0 aliphatic carbocycles. The number of imidazole rings is 1. The topological polar surface area (TPSA) is 96.1 Å². The number of carbonyl (C=O) groups is 2. The number of nitrogens with one attached hydrogen (secondary N) is 3. The number of rotatable bonds is 10. The maximum absolute atomic E-state index is 12.7. The Hall–Kier alpha value is -3.84. The average Bonchev–Trinajstić information content (AvgIpc) is 3.28. The Bertz CT molecular complexity index is 1300. The van der Waals surface area contributed by atoms with Gasteiger partial charge in [-0.25, -0.2) is 4.98 Å². The van der Waals surface area contributed by atoms with Crippen molar-refractivity contribution in [1.29, 1.82) is 0 Å². The molecule has 1 aromatic heterocycles. The summed E-state index contributed by atoms with van der Waals surface area (Å²) in [5.74, 6) is 1.09. The van der Waals surface area contributed by atoms with Gasteiger partial charge in [0.05, 0.1) is 11.0 Å². The molecule has 3 N–H and O–H groups in total. The highest BCUT2D eigenvalue weighted by Crippen LogP contribution is 2.20. The first-order valence-corrected chi connectivity index (χ1v) is 12.2. The number of hydrogen-bond acceptors (Lipinski definition) is 4. The van der Waals surface area contributed by atoms with Gasteiger partial charge in [0.2, 0.25) is 0 Å². The van der Waals surface area contributed by atoms with Gasteiger partial charge in [-0.05, 0) is 74.4 Å². The van der Waals surface area contributed by atoms with E-state index in [0.717, 1.165) is 22.4 Å². The van der Waals surface area contributed by atoms with Crippen molar-refractivity contribution in [2.24, 2.45) is 0 Å². The van der Waals surface area contributed by atoms with Crippen LogP contribution in [0.2, 0.25) is 5.02 Å². The molecule has 0 radical (unpaired) electrons. The van der Waals surface area contributed by atoms with Crippen LogP contribution >= 0.6 is 11.6 Å². The maximum Gasteiger partial charge on any atom is 0.263 e. The summed E-state index contributed by atoms with van der Waals surface area (Å²) in [4.78, 5) is 32.7. The van der Waals surface area contributed by atoms with Crippen molar-refractivity contribution < 1.29 is 14.3 Å². The van der Waals surface area contributed by atoms with E-state index in [4.69, 9.17) is 16.3 Å². The van der Waals surface area contributed by atoms with Gasteiger partial charge in [0.15, 0.2) is 5.60 Å². The molecule has 0 saturated heterocycles.